The van der Waals surface area contributed by atoms with Crippen LogP contribution in [0.5, 0.6) is 0 Å². The Kier molecular flexibility index (Phi) is 4.84. The fraction of sp³-hybridized carbons (Fsp3) is 0.733. The molecule has 1 aromatic heterocycles. The van der Waals surface area contributed by atoms with Gasteiger partial charge in [-0.15, -0.1) is 0 Å². The van der Waals surface area contributed by atoms with Gasteiger partial charge in [-0.05, 0) is 44.4 Å². The molecule has 2 unspecified atom stereocenters. The van der Waals surface area contributed by atoms with Crippen LogP contribution < -0.4 is 5.73 Å². The lowest BCUT2D eigenvalue weighted by Crippen LogP contribution is -2.40. The second-order valence-electron chi connectivity index (χ2n) is 5.62. The molecule has 0 radical (unpaired) electrons. The number of nitrogens with zero attached hydrogens (tertiary/aromatic N) is 1. The van der Waals surface area contributed by atoms with Crippen LogP contribution in [0.2, 0.25) is 0 Å². The zero-order chi connectivity index (χ0) is 13.0. The smallest absolute Gasteiger partial charge is 0.122 e. The maximum absolute atomic E-state index is 6.28. The van der Waals surface area contributed by atoms with E-state index < -0.39 is 0 Å². The first-order chi connectivity index (χ1) is 8.72. The number of hydrogen-bond donors (Lipinski definition) is 1. The minimum absolute atomic E-state index is 0.141. The van der Waals surface area contributed by atoms with Crippen molar-refractivity contribution in [1.82, 2.24) is 4.90 Å². The topological polar surface area (TPSA) is 42.4 Å². The molecule has 1 heterocycles. The minimum Gasteiger partial charge on any atom is -0.468 e. The third kappa shape index (κ3) is 3.15. The van der Waals surface area contributed by atoms with Crippen LogP contribution in [0.3, 0.4) is 0 Å². The van der Waals surface area contributed by atoms with Gasteiger partial charge in [-0.25, -0.2) is 0 Å². The predicted octanol–water partition coefficient (Wildman–Crippen LogP) is 3.18. The molecule has 102 valence electrons. The molecule has 2 rings (SSSR count). The van der Waals surface area contributed by atoms with Gasteiger partial charge in [-0.1, -0.05) is 19.8 Å². The molecule has 3 nitrogen and oxygen atoms in total. The van der Waals surface area contributed by atoms with Gasteiger partial charge in [0.15, 0.2) is 0 Å². The van der Waals surface area contributed by atoms with Crippen molar-refractivity contribution in [2.24, 2.45) is 11.7 Å². The fourth-order valence-corrected chi connectivity index (χ4v) is 3.15. The first kappa shape index (κ1) is 13.6. The number of rotatable bonds is 6. The summed E-state index contributed by atoms with van der Waals surface area (Å²) < 4.78 is 5.58. The lowest BCUT2D eigenvalue weighted by Gasteiger charge is -2.32. The molecular formula is C15H26N2O. The number of hydrogen-bond acceptors (Lipinski definition) is 3. The third-order valence-corrected chi connectivity index (χ3v) is 4.21. The minimum atomic E-state index is 0.141. The molecule has 0 saturated heterocycles. The van der Waals surface area contributed by atoms with Crippen molar-refractivity contribution in [1.29, 1.82) is 0 Å². The first-order valence-corrected chi connectivity index (χ1v) is 7.21. The standard InChI is InChI=1S/C15H26N2O/c1-3-13(16)15(14-9-6-10-18-14)17(2)11-12-7-4-5-8-12/h6,9-10,12-13,15H,3-5,7-8,11,16H2,1-2H3. The molecule has 1 aromatic rings. The molecule has 0 spiro atoms. The maximum Gasteiger partial charge on any atom is 0.122 e. The molecule has 18 heavy (non-hydrogen) atoms. The summed E-state index contributed by atoms with van der Waals surface area (Å²) in [6.45, 7) is 3.28. The van der Waals surface area contributed by atoms with Crippen LogP contribution >= 0.6 is 0 Å². The molecule has 0 bridgehead atoms. The van der Waals surface area contributed by atoms with Gasteiger partial charge in [0.05, 0.1) is 12.3 Å². The largest absolute Gasteiger partial charge is 0.468 e. The number of nitrogens with two attached hydrogens (primary N) is 1. The Bertz CT molecular complexity index is 330. The van der Waals surface area contributed by atoms with Crippen LogP contribution in [0, 0.1) is 5.92 Å². The van der Waals surface area contributed by atoms with Gasteiger partial charge < -0.3 is 10.2 Å². The van der Waals surface area contributed by atoms with Crippen molar-refractivity contribution in [2.45, 2.75) is 51.1 Å². The summed E-state index contributed by atoms with van der Waals surface area (Å²) in [4.78, 5) is 2.39. The average Bonchev–Trinajstić information content (AvgIpc) is 3.02. The van der Waals surface area contributed by atoms with Gasteiger partial charge in [-0.2, -0.15) is 0 Å². The summed E-state index contributed by atoms with van der Waals surface area (Å²) in [5, 5.41) is 0. The second kappa shape index (κ2) is 6.39. The fourth-order valence-electron chi connectivity index (χ4n) is 3.15. The lowest BCUT2D eigenvalue weighted by atomic mass is 10.00. The molecule has 1 aliphatic carbocycles. The van der Waals surface area contributed by atoms with E-state index in [1.165, 1.54) is 25.7 Å². The van der Waals surface area contributed by atoms with E-state index in [9.17, 15) is 0 Å². The summed E-state index contributed by atoms with van der Waals surface area (Å²) in [6, 6.07) is 4.35. The van der Waals surface area contributed by atoms with Crippen molar-refractivity contribution < 1.29 is 4.42 Å². The molecule has 0 aromatic carbocycles. The van der Waals surface area contributed by atoms with Crippen LogP contribution in [-0.4, -0.2) is 24.5 Å². The van der Waals surface area contributed by atoms with Crippen molar-refractivity contribution in [3.8, 4) is 0 Å². The highest BCUT2D eigenvalue weighted by atomic mass is 16.3. The van der Waals surface area contributed by atoms with E-state index in [2.05, 4.69) is 18.9 Å². The summed E-state index contributed by atoms with van der Waals surface area (Å²) in [7, 11) is 2.18. The molecular weight excluding hydrogens is 224 g/mol. The SMILES string of the molecule is CCC(N)C(c1ccco1)N(C)CC1CCCC1. The van der Waals surface area contributed by atoms with E-state index in [1.807, 2.05) is 12.1 Å². The summed E-state index contributed by atoms with van der Waals surface area (Å²) in [6.07, 6.45) is 8.25. The maximum atomic E-state index is 6.28. The van der Waals surface area contributed by atoms with Crippen molar-refractivity contribution in [2.75, 3.05) is 13.6 Å². The van der Waals surface area contributed by atoms with Crippen LogP contribution in [-0.2, 0) is 0 Å². The summed E-state index contributed by atoms with van der Waals surface area (Å²) in [5.41, 5.74) is 6.28. The van der Waals surface area contributed by atoms with E-state index in [1.54, 1.807) is 6.26 Å². The van der Waals surface area contributed by atoms with Gasteiger partial charge in [0.1, 0.15) is 5.76 Å². The van der Waals surface area contributed by atoms with E-state index in [-0.39, 0.29) is 12.1 Å². The van der Waals surface area contributed by atoms with Gasteiger partial charge in [0.25, 0.3) is 0 Å². The lowest BCUT2D eigenvalue weighted by molar-refractivity contribution is 0.159. The Morgan fingerprint density at radius 3 is 2.72 bits per heavy atom. The molecule has 1 aliphatic rings. The van der Waals surface area contributed by atoms with Crippen LogP contribution in [0.15, 0.2) is 22.8 Å². The van der Waals surface area contributed by atoms with Gasteiger partial charge in [-0.3, -0.25) is 4.90 Å². The van der Waals surface area contributed by atoms with E-state index in [0.717, 1.165) is 24.6 Å². The highest BCUT2D eigenvalue weighted by Crippen LogP contribution is 2.30. The van der Waals surface area contributed by atoms with Crippen molar-refractivity contribution in [3.05, 3.63) is 24.2 Å². The Balaban J connectivity index is 2.03. The molecule has 2 N–H and O–H groups in total. The number of likely N-dealkylation sites (N-methyl/N-ethyl adjacent to an activating group) is 1. The highest BCUT2D eigenvalue weighted by Gasteiger charge is 2.28. The molecule has 1 saturated carbocycles. The Hall–Kier alpha value is -0.800. The highest BCUT2D eigenvalue weighted by molar-refractivity contribution is 5.07. The molecule has 0 aliphatic heterocycles. The quantitative estimate of drug-likeness (QED) is 0.843. The van der Waals surface area contributed by atoms with Crippen LogP contribution in [0.25, 0.3) is 0 Å². The van der Waals surface area contributed by atoms with Crippen molar-refractivity contribution in [3.63, 3.8) is 0 Å². The van der Waals surface area contributed by atoms with E-state index >= 15 is 0 Å². The van der Waals surface area contributed by atoms with Gasteiger partial charge >= 0.3 is 0 Å². The van der Waals surface area contributed by atoms with Crippen LogP contribution in [0.1, 0.15) is 50.8 Å². The monoisotopic (exact) mass is 250 g/mol. The normalized spacial score (nSPS) is 20.4. The number of furan rings is 1. The zero-order valence-electron chi connectivity index (χ0n) is 11.6. The van der Waals surface area contributed by atoms with E-state index in [4.69, 9.17) is 10.2 Å². The molecule has 0 amide bonds. The zero-order valence-corrected chi connectivity index (χ0v) is 11.6. The first-order valence-electron chi connectivity index (χ1n) is 7.21. The Morgan fingerprint density at radius 1 is 1.44 bits per heavy atom. The molecule has 3 heteroatoms. The molecule has 1 fully saturated rings. The predicted molar refractivity (Wildman–Crippen MR) is 74.3 cm³/mol. The summed E-state index contributed by atoms with van der Waals surface area (Å²) >= 11 is 0. The Labute approximate surface area is 110 Å². The second-order valence-corrected chi connectivity index (χ2v) is 5.62. The average molecular weight is 250 g/mol. The Morgan fingerprint density at radius 2 is 2.17 bits per heavy atom. The van der Waals surface area contributed by atoms with E-state index in [0.29, 0.717) is 0 Å². The van der Waals surface area contributed by atoms with Crippen LogP contribution in [0.4, 0.5) is 0 Å². The van der Waals surface area contributed by atoms with Crippen molar-refractivity contribution >= 4 is 0 Å². The third-order valence-electron chi connectivity index (χ3n) is 4.21. The molecule has 2 atom stereocenters. The van der Waals surface area contributed by atoms with Gasteiger partial charge in [0, 0.05) is 12.6 Å². The van der Waals surface area contributed by atoms with Gasteiger partial charge in [0.2, 0.25) is 0 Å². The summed E-state index contributed by atoms with van der Waals surface area (Å²) in [5.74, 6) is 1.85.